The lowest BCUT2D eigenvalue weighted by Gasteiger charge is -2.48. The SMILES string of the molecule is CC(=O)c1cnc2c(c1N1CC(C)C(O[Si](C)(C)C(C)(C)C)[C@@H](C)C1)CC[C@H]2C. The molecule has 2 unspecified atom stereocenters. The molecular weight excluding hydrogens is 376 g/mol. The summed E-state index contributed by atoms with van der Waals surface area (Å²) in [5.74, 6) is 1.46. The molecule has 3 rings (SSSR count). The van der Waals surface area contributed by atoms with E-state index in [1.165, 1.54) is 11.3 Å². The van der Waals surface area contributed by atoms with Gasteiger partial charge in [-0.2, -0.15) is 0 Å². The van der Waals surface area contributed by atoms with Gasteiger partial charge in [0.25, 0.3) is 0 Å². The number of piperidine rings is 1. The Morgan fingerprint density at radius 2 is 1.76 bits per heavy atom. The number of carbonyl (C=O) groups is 1. The molecule has 0 amide bonds. The Kier molecular flexibility index (Phi) is 6.05. The fraction of sp³-hybridized carbons (Fsp3) is 0.750. The van der Waals surface area contributed by atoms with Crippen LogP contribution >= 0.6 is 0 Å². The molecule has 1 saturated heterocycles. The second-order valence-corrected chi connectivity index (χ2v) is 15.8. The lowest BCUT2D eigenvalue weighted by Crippen LogP contribution is -2.54. The molecular formula is C24H40N2O2Si. The van der Waals surface area contributed by atoms with Gasteiger partial charge >= 0.3 is 0 Å². The monoisotopic (exact) mass is 416 g/mol. The van der Waals surface area contributed by atoms with E-state index in [0.717, 1.165) is 37.2 Å². The number of fused-ring (bicyclic) bond motifs is 1. The van der Waals surface area contributed by atoms with Crippen LogP contribution in [-0.2, 0) is 10.8 Å². The maximum atomic E-state index is 12.4. The topological polar surface area (TPSA) is 42.4 Å². The number of hydrogen-bond donors (Lipinski definition) is 0. The number of nitrogens with zero attached hydrogens (tertiary/aromatic N) is 2. The van der Waals surface area contributed by atoms with Gasteiger partial charge in [0.2, 0.25) is 0 Å². The van der Waals surface area contributed by atoms with Gasteiger partial charge in [-0.05, 0) is 61.2 Å². The number of hydrogen-bond acceptors (Lipinski definition) is 4. The van der Waals surface area contributed by atoms with E-state index in [9.17, 15) is 4.79 Å². The molecule has 1 aromatic heterocycles. The Morgan fingerprint density at radius 3 is 2.28 bits per heavy atom. The number of carbonyl (C=O) groups excluding carboxylic acids is 1. The molecule has 2 heterocycles. The van der Waals surface area contributed by atoms with Crippen molar-refractivity contribution in [2.45, 2.75) is 91.5 Å². The standard InChI is InChI=1S/C24H40N2O2Si/c1-15-10-11-19-21(15)25-12-20(18(4)27)22(19)26-13-16(2)23(17(3)14-26)28-29(8,9)24(5,6)7/h12,15-17,23H,10-11,13-14H2,1-9H3/t15-,16+,17?,23?/m1/s1. The predicted octanol–water partition coefficient (Wildman–Crippen LogP) is 5.82. The highest BCUT2D eigenvalue weighted by Crippen LogP contribution is 2.43. The molecule has 0 radical (unpaired) electrons. The Hall–Kier alpha value is -1.20. The molecule has 5 heteroatoms. The van der Waals surface area contributed by atoms with Crippen molar-refractivity contribution in [3.63, 3.8) is 0 Å². The van der Waals surface area contributed by atoms with Crippen LogP contribution in [0, 0.1) is 11.8 Å². The first-order valence-electron chi connectivity index (χ1n) is 11.3. The summed E-state index contributed by atoms with van der Waals surface area (Å²) >= 11 is 0. The van der Waals surface area contributed by atoms with Crippen LogP contribution in [0.2, 0.25) is 18.1 Å². The number of rotatable bonds is 4. The van der Waals surface area contributed by atoms with Crippen LogP contribution in [0.25, 0.3) is 0 Å². The molecule has 1 aliphatic carbocycles. The maximum absolute atomic E-state index is 12.4. The fourth-order valence-corrected chi connectivity index (χ4v) is 6.31. The van der Waals surface area contributed by atoms with E-state index in [1.807, 2.05) is 6.20 Å². The molecule has 0 aromatic carbocycles. The van der Waals surface area contributed by atoms with Gasteiger partial charge in [0.15, 0.2) is 14.1 Å². The number of pyridine rings is 1. The zero-order valence-corrected chi connectivity index (χ0v) is 20.9. The van der Waals surface area contributed by atoms with Crippen LogP contribution in [0.5, 0.6) is 0 Å². The Balaban J connectivity index is 1.90. The van der Waals surface area contributed by atoms with Gasteiger partial charge in [-0.3, -0.25) is 9.78 Å². The van der Waals surface area contributed by atoms with Crippen molar-refractivity contribution < 1.29 is 9.22 Å². The van der Waals surface area contributed by atoms with Gasteiger partial charge < -0.3 is 9.33 Å². The minimum Gasteiger partial charge on any atom is -0.413 e. The van der Waals surface area contributed by atoms with Crippen LogP contribution in [-0.4, -0.2) is 38.3 Å². The molecule has 29 heavy (non-hydrogen) atoms. The Morgan fingerprint density at radius 1 is 1.17 bits per heavy atom. The second kappa shape index (κ2) is 7.81. The van der Waals surface area contributed by atoms with Crippen molar-refractivity contribution in [1.82, 2.24) is 4.98 Å². The zero-order valence-electron chi connectivity index (χ0n) is 19.9. The summed E-state index contributed by atoms with van der Waals surface area (Å²) in [5, 5.41) is 0.216. The van der Waals surface area contributed by atoms with E-state index in [0.29, 0.717) is 17.8 Å². The summed E-state index contributed by atoms with van der Waals surface area (Å²) in [5.41, 5.74) is 4.47. The average Bonchev–Trinajstić information content (AvgIpc) is 2.97. The van der Waals surface area contributed by atoms with Crippen molar-refractivity contribution in [3.05, 3.63) is 23.0 Å². The molecule has 0 saturated carbocycles. The van der Waals surface area contributed by atoms with E-state index < -0.39 is 8.32 Å². The Bertz CT molecular complexity index is 772. The average molecular weight is 417 g/mol. The van der Waals surface area contributed by atoms with Crippen LogP contribution in [0.4, 0.5) is 5.69 Å². The van der Waals surface area contributed by atoms with Crippen molar-refractivity contribution in [3.8, 4) is 0 Å². The first kappa shape index (κ1) is 22.5. The molecule has 0 spiro atoms. The van der Waals surface area contributed by atoms with Crippen molar-refractivity contribution in [2.75, 3.05) is 18.0 Å². The highest BCUT2D eigenvalue weighted by Gasteiger charge is 2.44. The minimum absolute atomic E-state index is 0.120. The van der Waals surface area contributed by atoms with E-state index in [1.54, 1.807) is 6.92 Å². The molecule has 4 nitrogen and oxygen atoms in total. The summed E-state index contributed by atoms with van der Waals surface area (Å²) in [4.78, 5) is 19.6. The van der Waals surface area contributed by atoms with Crippen LogP contribution in [0.15, 0.2) is 6.20 Å². The minimum atomic E-state index is -1.81. The summed E-state index contributed by atoms with van der Waals surface area (Å²) in [7, 11) is -1.81. The van der Waals surface area contributed by atoms with Crippen LogP contribution in [0.3, 0.4) is 0 Å². The molecule has 1 aliphatic heterocycles. The van der Waals surface area contributed by atoms with Gasteiger partial charge in [-0.15, -0.1) is 0 Å². The van der Waals surface area contributed by atoms with E-state index >= 15 is 0 Å². The quantitative estimate of drug-likeness (QED) is 0.458. The molecule has 1 fully saturated rings. The van der Waals surface area contributed by atoms with Gasteiger partial charge in [0, 0.05) is 25.0 Å². The number of anilines is 1. The van der Waals surface area contributed by atoms with Gasteiger partial charge in [0.05, 0.1) is 17.4 Å². The molecule has 1 aromatic rings. The highest BCUT2D eigenvalue weighted by molar-refractivity contribution is 6.74. The van der Waals surface area contributed by atoms with Crippen molar-refractivity contribution >= 4 is 19.8 Å². The number of Topliss-reactive ketones (excluding diaryl/α,β-unsaturated/α-hetero) is 1. The van der Waals surface area contributed by atoms with Gasteiger partial charge in [0.1, 0.15) is 0 Å². The third-order valence-corrected chi connectivity index (χ3v) is 12.0. The third kappa shape index (κ3) is 4.18. The van der Waals surface area contributed by atoms with Crippen molar-refractivity contribution in [1.29, 1.82) is 0 Å². The summed E-state index contributed by atoms with van der Waals surface area (Å²) in [6, 6.07) is 0. The molecule has 2 aliphatic rings. The van der Waals surface area contributed by atoms with E-state index in [4.69, 9.17) is 4.43 Å². The second-order valence-electron chi connectivity index (χ2n) is 11.1. The van der Waals surface area contributed by atoms with Crippen LogP contribution in [0.1, 0.15) is 82.4 Å². The van der Waals surface area contributed by atoms with Gasteiger partial charge in [-0.25, -0.2) is 0 Å². The van der Waals surface area contributed by atoms with E-state index in [2.05, 4.69) is 64.5 Å². The largest absolute Gasteiger partial charge is 0.413 e. The summed E-state index contributed by atoms with van der Waals surface area (Å²) in [6.45, 7) is 22.1. The maximum Gasteiger partial charge on any atom is 0.192 e. The summed E-state index contributed by atoms with van der Waals surface area (Å²) < 4.78 is 6.87. The molecule has 0 N–H and O–H groups in total. The summed E-state index contributed by atoms with van der Waals surface area (Å²) in [6.07, 6.45) is 4.27. The number of ketones is 1. The normalized spacial score (nSPS) is 27.8. The Labute approximate surface area is 178 Å². The van der Waals surface area contributed by atoms with Crippen molar-refractivity contribution in [2.24, 2.45) is 11.8 Å². The highest BCUT2D eigenvalue weighted by atomic mass is 28.4. The first-order valence-corrected chi connectivity index (χ1v) is 14.2. The third-order valence-electron chi connectivity index (χ3n) is 7.55. The predicted molar refractivity (Wildman–Crippen MR) is 124 cm³/mol. The molecule has 162 valence electrons. The number of aromatic nitrogens is 1. The van der Waals surface area contributed by atoms with Gasteiger partial charge in [-0.1, -0.05) is 41.5 Å². The smallest absolute Gasteiger partial charge is 0.192 e. The first-order chi connectivity index (χ1) is 13.3. The fourth-order valence-electron chi connectivity index (χ4n) is 4.81. The van der Waals surface area contributed by atoms with E-state index in [-0.39, 0.29) is 16.9 Å². The van der Waals surface area contributed by atoms with Crippen LogP contribution < -0.4 is 4.90 Å². The molecule has 0 bridgehead atoms. The lowest BCUT2D eigenvalue weighted by atomic mass is 9.87. The lowest BCUT2D eigenvalue weighted by molar-refractivity contribution is 0.0626. The zero-order chi connectivity index (χ0) is 21.7. The molecule has 4 atom stereocenters.